The molecule has 2 rings (SSSR count). The molecule has 19 heavy (non-hydrogen) atoms. The number of anilines is 1. The van der Waals surface area contributed by atoms with Crippen molar-refractivity contribution in [1.82, 2.24) is 0 Å². The number of carbonyl (C=O) groups is 1. The molecule has 1 atom stereocenters. The number of hydrogen-bond acceptors (Lipinski definition) is 4. The van der Waals surface area contributed by atoms with E-state index in [1.165, 1.54) is 17.8 Å². The Labute approximate surface area is 119 Å². The Morgan fingerprint density at radius 1 is 1.42 bits per heavy atom. The third-order valence-corrected chi connectivity index (χ3v) is 3.95. The highest BCUT2D eigenvalue weighted by Gasteiger charge is 2.16. The number of hydrogen-bond donors (Lipinski definition) is 2. The van der Waals surface area contributed by atoms with E-state index in [9.17, 15) is 4.79 Å². The lowest BCUT2D eigenvalue weighted by molar-refractivity contribution is 0.0660. The van der Waals surface area contributed by atoms with E-state index >= 15 is 0 Å². The predicted octanol–water partition coefficient (Wildman–Crippen LogP) is 4.07. The van der Waals surface area contributed by atoms with Gasteiger partial charge in [0.25, 0.3) is 0 Å². The van der Waals surface area contributed by atoms with Crippen molar-refractivity contribution in [3.63, 3.8) is 0 Å². The summed E-state index contributed by atoms with van der Waals surface area (Å²) in [6.45, 7) is 1.91. The maximum Gasteiger partial charge on any atom is 0.371 e. The van der Waals surface area contributed by atoms with E-state index < -0.39 is 5.97 Å². The normalized spacial score (nSPS) is 12.3. The van der Waals surface area contributed by atoms with Crippen LogP contribution < -0.4 is 5.73 Å². The summed E-state index contributed by atoms with van der Waals surface area (Å²) in [6.07, 6.45) is 0. The fraction of sp³-hybridized carbons (Fsp3) is 0.154. The molecule has 2 aromatic rings. The molecule has 0 saturated heterocycles. The van der Waals surface area contributed by atoms with E-state index in [1.807, 2.05) is 6.92 Å². The van der Waals surface area contributed by atoms with Crippen LogP contribution >= 0.6 is 23.4 Å². The first-order valence-corrected chi connectivity index (χ1v) is 6.78. The lowest BCUT2D eigenvalue weighted by atomic mass is 10.3. The molecule has 100 valence electrons. The SMILES string of the molecule is CC(Sc1cc(Cl)ccc1N)c1ccc(C(=O)O)o1. The van der Waals surface area contributed by atoms with Crippen molar-refractivity contribution in [2.24, 2.45) is 0 Å². The largest absolute Gasteiger partial charge is 0.475 e. The summed E-state index contributed by atoms with van der Waals surface area (Å²) in [4.78, 5) is 11.6. The summed E-state index contributed by atoms with van der Waals surface area (Å²) in [5, 5.41) is 9.36. The molecule has 0 amide bonds. The van der Waals surface area contributed by atoms with E-state index in [0.29, 0.717) is 16.5 Å². The minimum Gasteiger partial charge on any atom is -0.475 e. The maximum atomic E-state index is 10.8. The molecular weight excluding hydrogens is 286 g/mol. The van der Waals surface area contributed by atoms with Crippen LogP contribution in [0, 0.1) is 0 Å². The van der Waals surface area contributed by atoms with Crippen molar-refractivity contribution in [2.45, 2.75) is 17.1 Å². The molecule has 4 nitrogen and oxygen atoms in total. The van der Waals surface area contributed by atoms with Gasteiger partial charge in [0.2, 0.25) is 5.76 Å². The molecule has 1 aromatic carbocycles. The van der Waals surface area contributed by atoms with Gasteiger partial charge in [-0.3, -0.25) is 0 Å². The second-order valence-electron chi connectivity index (χ2n) is 3.95. The van der Waals surface area contributed by atoms with Crippen LogP contribution in [-0.2, 0) is 0 Å². The summed E-state index contributed by atoms with van der Waals surface area (Å²) < 4.78 is 5.25. The first-order chi connectivity index (χ1) is 8.97. The van der Waals surface area contributed by atoms with Crippen molar-refractivity contribution in [1.29, 1.82) is 0 Å². The van der Waals surface area contributed by atoms with Crippen molar-refractivity contribution in [2.75, 3.05) is 5.73 Å². The van der Waals surface area contributed by atoms with Gasteiger partial charge < -0.3 is 15.3 Å². The molecule has 3 N–H and O–H groups in total. The van der Waals surface area contributed by atoms with E-state index in [2.05, 4.69) is 0 Å². The Kier molecular flexibility index (Phi) is 4.07. The topological polar surface area (TPSA) is 76.5 Å². The van der Waals surface area contributed by atoms with Crippen LogP contribution in [0.2, 0.25) is 5.02 Å². The van der Waals surface area contributed by atoms with E-state index in [4.69, 9.17) is 26.9 Å². The highest BCUT2D eigenvalue weighted by Crippen LogP contribution is 2.39. The van der Waals surface area contributed by atoms with Crippen LogP contribution in [0.1, 0.15) is 28.5 Å². The highest BCUT2D eigenvalue weighted by atomic mass is 35.5. The summed E-state index contributed by atoms with van der Waals surface area (Å²) in [6, 6.07) is 8.33. The van der Waals surface area contributed by atoms with Gasteiger partial charge in [-0.25, -0.2) is 4.79 Å². The third kappa shape index (κ3) is 3.24. The summed E-state index contributed by atoms with van der Waals surface area (Å²) >= 11 is 7.39. The molecule has 0 spiro atoms. The van der Waals surface area contributed by atoms with E-state index in [0.717, 1.165) is 4.90 Å². The molecule has 0 aliphatic heterocycles. The van der Waals surface area contributed by atoms with Gasteiger partial charge in [0.05, 0.1) is 5.25 Å². The average molecular weight is 298 g/mol. The Morgan fingerprint density at radius 3 is 2.79 bits per heavy atom. The van der Waals surface area contributed by atoms with Crippen LogP contribution in [0.3, 0.4) is 0 Å². The fourth-order valence-electron chi connectivity index (χ4n) is 1.55. The summed E-state index contributed by atoms with van der Waals surface area (Å²) in [5.74, 6) is -0.561. The van der Waals surface area contributed by atoms with Gasteiger partial charge in [0.15, 0.2) is 0 Å². The highest BCUT2D eigenvalue weighted by molar-refractivity contribution is 7.99. The second-order valence-corrected chi connectivity index (χ2v) is 5.77. The number of thioether (sulfide) groups is 1. The Hall–Kier alpha value is -1.59. The first kappa shape index (κ1) is 13.8. The van der Waals surface area contributed by atoms with Crippen LogP contribution in [0.5, 0.6) is 0 Å². The van der Waals surface area contributed by atoms with Gasteiger partial charge in [-0.15, -0.1) is 11.8 Å². The smallest absolute Gasteiger partial charge is 0.371 e. The number of carboxylic acids is 1. The number of aromatic carboxylic acids is 1. The number of benzene rings is 1. The molecule has 0 aliphatic rings. The third-order valence-electron chi connectivity index (χ3n) is 2.52. The Morgan fingerprint density at radius 2 is 2.16 bits per heavy atom. The standard InChI is InChI=1S/C13H12ClNO3S/c1-7(10-4-5-11(18-10)13(16)17)19-12-6-8(14)2-3-9(12)15/h2-7H,15H2,1H3,(H,16,17). The zero-order chi connectivity index (χ0) is 14.0. The van der Waals surface area contributed by atoms with Crippen LogP contribution in [-0.4, -0.2) is 11.1 Å². The predicted molar refractivity (Wildman–Crippen MR) is 75.8 cm³/mol. The van der Waals surface area contributed by atoms with Crippen LogP contribution in [0.4, 0.5) is 5.69 Å². The van der Waals surface area contributed by atoms with Crippen LogP contribution in [0.15, 0.2) is 39.6 Å². The Balaban J connectivity index is 2.17. The molecule has 1 unspecified atom stereocenters. The van der Waals surface area contributed by atoms with Gasteiger partial charge in [-0.2, -0.15) is 0 Å². The average Bonchev–Trinajstić information content (AvgIpc) is 2.83. The summed E-state index contributed by atoms with van der Waals surface area (Å²) in [7, 11) is 0. The quantitative estimate of drug-likeness (QED) is 0.657. The molecule has 0 saturated carbocycles. The number of carboxylic acid groups (broad SMARTS) is 1. The van der Waals surface area contributed by atoms with Gasteiger partial charge in [0.1, 0.15) is 5.76 Å². The maximum absolute atomic E-state index is 10.8. The van der Waals surface area contributed by atoms with E-state index in [-0.39, 0.29) is 11.0 Å². The van der Waals surface area contributed by atoms with Gasteiger partial charge in [-0.05, 0) is 37.3 Å². The Bertz CT molecular complexity index is 612. The van der Waals surface area contributed by atoms with Gasteiger partial charge in [-0.1, -0.05) is 11.6 Å². The van der Waals surface area contributed by atoms with Gasteiger partial charge >= 0.3 is 5.97 Å². The monoisotopic (exact) mass is 297 g/mol. The fourth-order valence-corrected chi connectivity index (χ4v) is 2.80. The number of halogens is 1. The minimum absolute atomic E-state index is 0.0612. The van der Waals surface area contributed by atoms with Crippen molar-refractivity contribution in [3.8, 4) is 0 Å². The molecular formula is C13H12ClNO3S. The van der Waals surface area contributed by atoms with Crippen molar-refractivity contribution >= 4 is 35.0 Å². The second kappa shape index (κ2) is 5.59. The lowest BCUT2D eigenvalue weighted by Crippen LogP contribution is -1.93. The number of furan rings is 1. The number of rotatable bonds is 4. The van der Waals surface area contributed by atoms with E-state index in [1.54, 1.807) is 24.3 Å². The first-order valence-electron chi connectivity index (χ1n) is 5.52. The minimum atomic E-state index is -1.08. The molecule has 6 heteroatoms. The zero-order valence-corrected chi connectivity index (χ0v) is 11.7. The van der Waals surface area contributed by atoms with Crippen LogP contribution in [0.25, 0.3) is 0 Å². The summed E-state index contributed by atoms with van der Waals surface area (Å²) in [5.41, 5.74) is 6.50. The van der Waals surface area contributed by atoms with Gasteiger partial charge in [0, 0.05) is 15.6 Å². The molecule has 0 aliphatic carbocycles. The molecule has 0 fully saturated rings. The molecule has 1 aromatic heterocycles. The molecule has 1 heterocycles. The van der Waals surface area contributed by atoms with Crippen molar-refractivity contribution in [3.05, 3.63) is 46.9 Å². The number of nitrogens with two attached hydrogens (primary N) is 1. The molecule has 0 radical (unpaired) electrons. The number of nitrogen functional groups attached to an aromatic ring is 1. The van der Waals surface area contributed by atoms with Crippen molar-refractivity contribution < 1.29 is 14.3 Å². The molecule has 0 bridgehead atoms. The lowest BCUT2D eigenvalue weighted by Gasteiger charge is -2.10. The zero-order valence-electron chi connectivity index (χ0n) is 10.1.